The van der Waals surface area contributed by atoms with Gasteiger partial charge in [-0.2, -0.15) is 4.99 Å². The summed E-state index contributed by atoms with van der Waals surface area (Å²) >= 11 is 6.93. The number of aliphatic imine (C=N–C) groups is 1. The molecular formula is C11H12INS. The molecule has 0 radical (unpaired) electrons. The van der Waals surface area contributed by atoms with E-state index in [0.717, 1.165) is 5.69 Å². The number of benzene rings is 1. The van der Waals surface area contributed by atoms with E-state index in [0.29, 0.717) is 0 Å². The van der Waals surface area contributed by atoms with Gasteiger partial charge >= 0.3 is 0 Å². The maximum Gasteiger partial charge on any atom is 0.0777 e. The Hall–Kier alpha value is -0.250. The quantitative estimate of drug-likeness (QED) is 0.427. The highest BCUT2D eigenvalue weighted by Crippen LogP contribution is 2.32. The maximum atomic E-state index is 4.63. The van der Waals surface area contributed by atoms with Crippen molar-refractivity contribution in [3.05, 3.63) is 27.3 Å². The molecule has 0 aliphatic heterocycles. The van der Waals surface area contributed by atoms with Gasteiger partial charge in [0.05, 0.1) is 10.8 Å². The standard InChI is InChI=1S/C11H12INS/c1-11(2,3)9-6-8(12)4-5-10(9)13-7-14/h4-6H,1-3H3. The Morgan fingerprint density at radius 1 is 1.36 bits per heavy atom. The van der Waals surface area contributed by atoms with Gasteiger partial charge in [-0.3, -0.25) is 0 Å². The molecule has 0 N–H and O–H groups in total. The molecule has 0 spiro atoms. The third-order valence-electron chi connectivity index (χ3n) is 1.93. The summed E-state index contributed by atoms with van der Waals surface area (Å²) in [5, 5.41) is 2.42. The molecule has 0 aromatic heterocycles. The Morgan fingerprint density at radius 2 is 2.00 bits per heavy atom. The summed E-state index contributed by atoms with van der Waals surface area (Å²) in [6.07, 6.45) is 0. The second kappa shape index (κ2) is 4.51. The van der Waals surface area contributed by atoms with Crippen LogP contribution >= 0.6 is 34.8 Å². The molecule has 0 heterocycles. The van der Waals surface area contributed by atoms with Crippen molar-refractivity contribution in [3.8, 4) is 0 Å². The van der Waals surface area contributed by atoms with E-state index in [1.54, 1.807) is 0 Å². The zero-order valence-corrected chi connectivity index (χ0v) is 11.4. The van der Waals surface area contributed by atoms with Crippen LogP contribution < -0.4 is 0 Å². The Morgan fingerprint density at radius 3 is 2.50 bits per heavy atom. The van der Waals surface area contributed by atoms with Gasteiger partial charge in [0.25, 0.3) is 0 Å². The summed E-state index contributed by atoms with van der Waals surface area (Å²) in [7, 11) is 0. The maximum absolute atomic E-state index is 4.63. The first kappa shape index (κ1) is 11.8. The number of thiocarbonyl (C=S) groups is 1. The molecule has 74 valence electrons. The monoisotopic (exact) mass is 317 g/mol. The summed E-state index contributed by atoms with van der Waals surface area (Å²) in [6, 6.07) is 6.16. The predicted molar refractivity (Wildman–Crippen MR) is 72.5 cm³/mol. The van der Waals surface area contributed by atoms with Crippen LogP contribution in [0.1, 0.15) is 26.3 Å². The van der Waals surface area contributed by atoms with Gasteiger partial charge in [0.2, 0.25) is 0 Å². The molecule has 1 aromatic rings. The first-order valence-electron chi connectivity index (χ1n) is 4.33. The number of hydrogen-bond donors (Lipinski definition) is 0. The zero-order chi connectivity index (χ0) is 10.8. The summed E-state index contributed by atoms with van der Waals surface area (Å²) < 4.78 is 1.22. The van der Waals surface area contributed by atoms with Crippen LogP contribution in [-0.4, -0.2) is 5.16 Å². The fourth-order valence-electron chi connectivity index (χ4n) is 1.26. The molecule has 0 atom stereocenters. The third kappa shape index (κ3) is 2.87. The van der Waals surface area contributed by atoms with Gasteiger partial charge < -0.3 is 0 Å². The number of nitrogens with zero attached hydrogens (tertiary/aromatic N) is 1. The molecule has 14 heavy (non-hydrogen) atoms. The molecule has 0 bridgehead atoms. The Bertz CT molecular complexity index is 387. The lowest BCUT2D eigenvalue weighted by Crippen LogP contribution is -2.11. The molecule has 0 saturated carbocycles. The highest BCUT2D eigenvalue weighted by Gasteiger charge is 2.17. The highest BCUT2D eigenvalue weighted by molar-refractivity contribution is 14.1. The lowest BCUT2D eigenvalue weighted by molar-refractivity contribution is 0.591. The van der Waals surface area contributed by atoms with E-state index in [2.05, 4.69) is 71.8 Å². The van der Waals surface area contributed by atoms with Gasteiger partial charge in [-0.05, 0) is 64.0 Å². The average Bonchev–Trinajstić information content (AvgIpc) is 2.07. The van der Waals surface area contributed by atoms with E-state index in [-0.39, 0.29) is 5.41 Å². The van der Waals surface area contributed by atoms with Crippen molar-refractivity contribution in [1.82, 2.24) is 0 Å². The van der Waals surface area contributed by atoms with Crippen molar-refractivity contribution in [3.63, 3.8) is 0 Å². The fourth-order valence-corrected chi connectivity index (χ4v) is 1.85. The molecule has 1 rings (SSSR count). The van der Waals surface area contributed by atoms with Crippen LogP contribution in [0.2, 0.25) is 0 Å². The lowest BCUT2D eigenvalue weighted by Gasteiger charge is -2.20. The number of isothiocyanates is 1. The molecule has 0 saturated heterocycles. The minimum Gasteiger partial charge on any atom is -0.194 e. The van der Waals surface area contributed by atoms with Gasteiger partial charge in [-0.15, -0.1) is 0 Å². The summed E-state index contributed by atoms with van der Waals surface area (Å²) in [6.45, 7) is 6.50. The van der Waals surface area contributed by atoms with Crippen molar-refractivity contribution >= 4 is 45.7 Å². The van der Waals surface area contributed by atoms with Gasteiger partial charge in [0, 0.05) is 3.57 Å². The van der Waals surface area contributed by atoms with Gasteiger partial charge in [0.1, 0.15) is 0 Å². The van der Waals surface area contributed by atoms with Gasteiger partial charge in [0.15, 0.2) is 0 Å². The van der Waals surface area contributed by atoms with Crippen molar-refractivity contribution in [2.45, 2.75) is 26.2 Å². The zero-order valence-electron chi connectivity index (χ0n) is 8.47. The minimum atomic E-state index is 0.0895. The topological polar surface area (TPSA) is 12.4 Å². The van der Waals surface area contributed by atoms with Crippen molar-refractivity contribution in [2.24, 2.45) is 4.99 Å². The van der Waals surface area contributed by atoms with Crippen LogP contribution in [0.3, 0.4) is 0 Å². The smallest absolute Gasteiger partial charge is 0.0777 e. The molecule has 1 aromatic carbocycles. The van der Waals surface area contributed by atoms with E-state index in [1.807, 2.05) is 12.1 Å². The second-order valence-corrected chi connectivity index (χ2v) is 5.54. The minimum absolute atomic E-state index is 0.0895. The van der Waals surface area contributed by atoms with Crippen molar-refractivity contribution < 1.29 is 0 Å². The van der Waals surface area contributed by atoms with Gasteiger partial charge in [-0.25, -0.2) is 0 Å². The Labute approximate surface area is 104 Å². The van der Waals surface area contributed by atoms with Crippen LogP contribution in [0.15, 0.2) is 23.2 Å². The molecule has 3 heteroatoms. The Kier molecular flexibility index (Phi) is 3.81. The van der Waals surface area contributed by atoms with Crippen molar-refractivity contribution in [1.29, 1.82) is 0 Å². The molecule has 0 amide bonds. The molecule has 0 aliphatic rings. The van der Waals surface area contributed by atoms with Crippen molar-refractivity contribution in [2.75, 3.05) is 0 Å². The largest absolute Gasteiger partial charge is 0.194 e. The highest BCUT2D eigenvalue weighted by atomic mass is 127. The third-order valence-corrected chi connectivity index (χ3v) is 2.69. The van der Waals surface area contributed by atoms with Crippen LogP contribution in [-0.2, 0) is 5.41 Å². The molecule has 0 fully saturated rings. The van der Waals surface area contributed by atoms with Crippen LogP contribution in [0.25, 0.3) is 0 Å². The fraction of sp³-hybridized carbons (Fsp3) is 0.364. The van der Waals surface area contributed by atoms with E-state index >= 15 is 0 Å². The molecule has 0 aliphatic carbocycles. The average molecular weight is 317 g/mol. The number of hydrogen-bond acceptors (Lipinski definition) is 2. The molecule has 1 nitrogen and oxygen atoms in total. The van der Waals surface area contributed by atoms with Crippen LogP contribution in [0.5, 0.6) is 0 Å². The SMILES string of the molecule is CC(C)(C)c1cc(I)ccc1N=C=S. The summed E-state index contributed by atoms with van der Waals surface area (Å²) in [5.74, 6) is 0. The van der Waals surface area contributed by atoms with Gasteiger partial charge in [-0.1, -0.05) is 20.8 Å². The first-order chi connectivity index (χ1) is 6.45. The van der Waals surface area contributed by atoms with E-state index in [1.165, 1.54) is 9.13 Å². The van der Waals surface area contributed by atoms with Crippen LogP contribution in [0, 0.1) is 3.57 Å². The second-order valence-electron chi connectivity index (χ2n) is 4.11. The van der Waals surface area contributed by atoms with E-state index in [9.17, 15) is 0 Å². The Balaban J connectivity index is 3.37. The van der Waals surface area contributed by atoms with Crippen LogP contribution in [0.4, 0.5) is 5.69 Å². The summed E-state index contributed by atoms with van der Waals surface area (Å²) in [5.41, 5.74) is 2.22. The normalized spacial score (nSPS) is 10.9. The predicted octanol–water partition coefficient (Wildman–Crippen LogP) is 4.32. The number of halogens is 1. The first-order valence-corrected chi connectivity index (χ1v) is 5.82. The summed E-state index contributed by atoms with van der Waals surface area (Å²) in [4.78, 5) is 4.08. The number of rotatable bonds is 1. The van der Waals surface area contributed by atoms with E-state index in [4.69, 9.17) is 0 Å². The molecule has 0 unspecified atom stereocenters. The van der Waals surface area contributed by atoms with E-state index < -0.39 is 0 Å². The lowest BCUT2D eigenvalue weighted by atomic mass is 9.86. The molecular weight excluding hydrogens is 305 g/mol.